The van der Waals surface area contributed by atoms with E-state index in [1.165, 1.54) is 12.0 Å². The van der Waals surface area contributed by atoms with E-state index in [1.807, 2.05) is 72.5 Å². The van der Waals surface area contributed by atoms with Crippen molar-refractivity contribution in [2.45, 2.75) is 64.3 Å². The Hall–Kier alpha value is -8.17. The summed E-state index contributed by atoms with van der Waals surface area (Å²) in [6.07, 6.45) is 2.72. The van der Waals surface area contributed by atoms with Crippen LogP contribution in [0.5, 0.6) is 17.2 Å². The summed E-state index contributed by atoms with van der Waals surface area (Å²) < 4.78 is 40.5. The Labute approximate surface area is 450 Å². The number of fused-ring (bicyclic) bond motifs is 8. The number of nitrogens with one attached hydrogen (secondary N) is 1. The minimum Gasteiger partial charge on any atom is -0.493 e. The second kappa shape index (κ2) is 24.0. The molecule has 2 atom stereocenters. The Morgan fingerprint density at radius 2 is 1.31 bits per heavy atom. The molecule has 5 aromatic rings. The largest absolute Gasteiger partial charge is 0.493 e. The number of nitrogens with zero attached hydrogens (tertiary/aromatic N) is 5. The number of carbonyl (C=O) groups is 6. The van der Waals surface area contributed by atoms with E-state index in [9.17, 15) is 28.8 Å². The summed E-state index contributed by atoms with van der Waals surface area (Å²) in [5, 5.41) is 3.92. The molecule has 20 nitrogen and oxygen atoms in total. The molecule has 5 amide bonds. The maximum Gasteiger partial charge on any atom is 0.352 e. The first-order chi connectivity index (χ1) is 38.0. The second-order valence-electron chi connectivity index (χ2n) is 19.3. The maximum atomic E-state index is 14.3. The first-order valence-electron chi connectivity index (χ1n) is 25.9. The van der Waals surface area contributed by atoms with Gasteiger partial charge >= 0.3 is 5.97 Å². The Morgan fingerprint density at radius 3 is 2.00 bits per heavy atom. The van der Waals surface area contributed by atoms with E-state index in [4.69, 9.17) is 43.0 Å². The van der Waals surface area contributed by atoms with Crippen LogP contribution in [0, 0.1) is 6.92 Å². The molecule has 1 saturated heterocycles. The van der Waals surface area contributed by atoms with E-state index in [0.29, 0.717) is 89.4 Å². The number of methoxy groups -OCH3 is 2. The number of aryl methyl sites for hydroxylation is 1. The number of hydrogen-bond acceptors (Lipinski definition) is 16. The summed E-state index contributed by atoms with van der Waals surface area (Å²) >= 11 is 0. The van der Waals surface area contributed by atoms with Crippen molar-refractivity contribution in [2.24, 2.45) is 4.99 Å². The molecular weight excluding hydrogens is 1000 g/mol. The molecule has 1 N–H and O–H groups in total. The average Bonchev–Trinajstić information content (AvgIpc) is 4.08. The van der Waals surface area contributed by atoms with Gasteiger partial charge in [0.1, 0.15) is 25.5 Å². The fourth-order valence-corrected chi connectivity index (χ4v) is 10.2. The monoisotopic (exact) mass is 1060 g/mol. The predicted molar refractivity (Wildman–Crippen MR) is 286 cm³/mol. The zero-order valence-electron chi connectivity index (χ0n) is 43.7. The van der Waals surface area contributed by atoms with Crippen molar-refractivity contribution in [3.63, 3.8) is 0 Å². The Kier molecular flexibility index (Phi) is 16.4. The van der Waals surface area contributed by atoms with Gasteiger partial charge in [0.15, 0.2) is 11.5 Å². The molecule has 78 heavy (non-hydrogen) atoms. The van der Waals surface area contributed by atoms with Gasteiger partial charge in [0.25, 0.3) is 23.6 Å². The quantitative estimate of drug-likeness (QED) is 0.0548. The van der Waals surface area contributed by atoms with Crippen molar-refractivity contribution in [1.82, 2.24) is 5.06 Å². The number of hydroxylamine groups is 2. The lowest BCUT2D eigenvalue weighted by Crippen LogP contribution is -2.41. The number of amides is 5. The zero-order valence-corrected chi connectivity index (χ0v) is 43.7. The SMILES string of the molecule is COCCOCCOCCOCCC(=O)N(CC(=O)ON1C(=O)CCC1=O)c1cc(COc2cc3c(cc2C)C(=O)N2c4ccccc4C[C@H]2CN3)cc(COc2cc3c(cc2OC)C(=O)N2c4ccccc4C[C@H]2C=N3)c1. The van der Waals surface area contributed by atoms with Crippen LogP contribution in [0.3, 0.4) is 0 Å². The average molecular weight is 1070 g/mol. The van der Waals surface area contributed by atoms with Gasteiger partial charge in [-0.25, -0.2) is 4.79 Å². The standard InChI is InChI=1S/C58H60N6O14/c1-36-22-44-46(59-31-42-26-39-8-4-6-10-48(39)62(42)57(44)69)29-50(36)76-34-37-23-38(35-77-52-30-47-45(28-51(52)72-3)58(70)63-43(32-60-47)27-40-9-5-7-11-49(40)63)25-41(24-37)61(33-56(68)78-64-54(66)12-13-55(64)67)53(65)14-15-73-18-19-75-21-20-74-17-16-71-2/h4-11,22-25,28-30,32,42-43,59H,12-21,26-27,31,33-35H2,1-3H3/t42-,43-/m0/s1. The Bertz CT molecular complexity index is 3150. The summed E-state index contributed by atoms with van der Waals surface area (Å²) in [6, 6.07) is 27.5. The van der Waals surface area contributed by atoms with Gasteiger partial charge in [-0.3, -0.25) is 33.9 Å². The molecule has 0 aromatic heterocycles. The fraction of sp³-hybridized carbons (Fsp3) is 0.362. The van der Waals surface area contributed by atoms with Gasteiger partial charge in [0.2, 0.25) is 5.91 Å². The van der Waals surface area contributed by atoms with Crippen LogP contribution in [-0.4, -0.2) is 132 Å². The van der Waals surface area contributed by atoms with Crippen molar-refractivity contribution < 1.29 is 66.8 Å². The lowest BCUT2D eigenvalue weighted by Gasteiger charge is -2.25. The van der Waals surface area contributed by atoms with Crippen LogP contribution in [0.15, 0.2) is 96.0 Å². The normalized spacial score (nSPS) is 16.8. The molecule has 0 bridgehead atoms. The smallest absolute Gasteiger partial charge is 0.352 e. The topological polar surface area (TPSA) is 214 Å². The van der Waals surface area contributed by atoms with Crippen LogP contribution in [-0.2, 0) is 69.0 Å². The number of carbonyl (C=O) groups excluding carboxylic acids is 6. The third-order valence-corrected chi connectivity index (χ3v) is 14.1. The second-order valence-corrected chi connectivity index (χ2v) is 19.3. The zero-order chi connectivity index (χ0) is 54.3. The van der Waals surface area contributed by atoms with Crippen molar-refractivity contribution in [2.75, 3.05) is 93.6 Å². The van der Waals surface area contributed by atoms with Gasteiger partial charge in [0, 0.05) is 68.3 Å². The van der Waals surface area contributed by atoms with E-state index in [0.717, 1.165) is 28.9 Å². The number of ether oxygens (including phenoxy) is 7. The number of aliphatic imine (C=N–C) groups is 1. The van der Waals surface area contributed by atoms with E-state index in [1.54, 1.807) is 42.5 Å². The molecule has 0 aliphatic carbocycles. The van der Waals surface area contributed by atoms with E-state index >= 15 is 0 Å². The molecule has 5 aliphatic rings. The molecule has 5 aliphatic heterocycles. The lowest BCUT2D eigenvalue weighted by molar-refractivity contribution is -0.196. The summed E-state index contributed by atoms with van der Waals surface area (Å²) in [7, 11) is 3.07. The minimum absolute atomic E-state index is 0.0345. The van der Waals surface area contributed by atoms with Gasteiger partial charge in [-0.05, 0) is 83.6 Å². The highest BCUT2D eigenvalue weighted by Gasteiger charge is 2.39. The number of rotatable bonds is 23. The lowest BCUT2D eigenvalue weighted by atomic mass is 10.1. The fourth-order valence-electron chi connectivity index (χ4n) is 10.2. The van der Waals surface area contributed by atoms with E-state index in [-0.39, 0.29) is 93.4 Å². The van der Waals surface area contributed by atoms with Crippen LogP contribution in [0.4, 0.5) is 28.4 Å². The van der Waals surface area contributed by atoms with Gasteiger partial charge in [-0.1, -0.05) is 36.4 Å². The number of para-hydroxylation sites is 2. The first kappa shape index (κ1) is 53.2. The highest BCUT2D eigenvalue weighted by molar-refractivity contribution is 6.15. The molecule has 20 heteroatoms. The summed E-state index contributed by atoms with van der Waals surface area (Å²) in [4.78, 5) is 96.2. The van der Waals surface area contributed by atoms with Crippen molar-refractivity contribution in [1.29, 1.82) is 0 Å². The van der Waals surface area contributed by atoms with Crippen LogP contribution in [0.25, 0.3) is 0 Å². The van der Waals surface area contributed by atoms with E-state index < -0.39 is 30.2 Å². The number of benzene rings is 5. The Morgan fingerprint density at radius 1 is 0.679 bits per heavy atom. The molecule has 0 radical (unpaired) electrons. The van der Waals surface area contributed by atoms with E-state index in [2.05, 4.69) is 11.4 Å². The maximum absolute atomic E-state index is 14.3. The number of imide groups is 1. The van der Waals surface area contributed by atoms with Crippen LogP contribution < -0.4 is 34.2 Å². The minimum atomic E-state index is -1.03. The summed E-state index contributed by atoms with van der Waals surface area (Å²) in [6.45, 7) is 3.59. The third kappa shape index (κ3) is 11.6. The van der Waals surface area contributed by atoms with Crippen molar-refractivity contribution in [3.05, 3.63) is 130 Å². The molecule has 10 rings (SSSR count). The van der Waals surface area contributed by atoms with Gasteiger partial charge < -0.3 is 53.1 Å². The number of hydrogen-bond donors (Lipinski definition) is 1. The predicted octanol–water partition coefficient (Wildman–Crippen LogP) is 6.47. The molecular formula is C58H60N6O14. The van der Waals surface area contributed by atoms with Crippen LogP contribution in [0.1, 0.15) is 67.8 Å². The molecule has 0 unspecified atom stereocenters. The molecule has 0 spiro atoms. The molecule has 0 saturated carbocycles. The highest BCUT2D eigenvalue weighted by Crippen LogP contribution is 2.42. The first-order valence-corrected chi connectivity index (χ1v) is 25.9. The Balaban J connectivity index is 0.921. The molecule has 1 fully saturated rings. The number of anilines is 4. The van der Waals surface area contributed by atoms with Gasteiger partial charge in [0.05, 0.1) is 94.4 Å². The molecule has 406 valence electrons. The van der Waals surface area contributed by atoms with Crippen LogP contribution >= 0.6 is 0 Å². The molecule has 5 heterocycles. The molecule has 5 aromatic carbocycles. The summed E-state index contributed by atoms with van der Waals surface area (Å²) in [5.41, 5.74) is 7.84. The van der Waals surface area contributed by atoms with Gasteiger partial charge in [-0.15, -0.1) is 5.06 Å². The summed E-state index contributed by atoms with van der Waals surface area (Å²) in [5.74, 6) is -2.17. The van der Waals surface area contributed by atoms with Crippen LogP contribution in [0.2, 0.25) is 0 Å². The third-order valence-electron chi connectivity index (χ3n) is 14.1. The van der Waals surface area contributed by atoms with Gasteiger partial charge in [-0.2, -0.15) is 0 Å². The van der Waals surface area contributed by atoms with Crippen molar-refractivity contribution >= 4 is 70.2 Å². The highest BCUT2D eigenvalue weighted by atomic mass is 16.7. The van der Waals surface area contributed by atoms with Crippen molar-refractivity contribution in [3.8, 4) is 17.2 Å².